The Morgan fingerprint density at radius 2 is 2.36 bits per heavy atom. The number of hydrogen-bond donors (Lipinski definition) is 2. The van der Waals surface area contributed by atoms with Crippen LogP contribution in [-0.2, 0) is 9.47 Å². The van der Waals surface area contributed by atoms with E-state index in [-0.39, 0.29) is 12.7 Å². The SMILES string of the molecule is OC[C@@]12OC[C@@H](C=C[C@@H]1O)O2. The topological polar surface area (TPSA) is 58.9 Å². The molecule has 1 fully saturated rings. The van der Waals surface area contributed by atoms with Gasteiger partial charge in [0.2, 0.25) is 5.79 Å². The predicted octanol–water partition coefficient (Wildman–Crippen LogP) is -0.979. The maximum Gasteiger partial charge on any atom is 0.222 e. The highest BCUT2D eigenvalue weighted by atomic mass is 16.8. The monoisotopic (exact) mass is 158 g/mol. The van der Waals surface area contributed by atoms with Gasteiger partial charge in [0.25, 0.3) is 0 Å². The fourth-order valence-corrected chi connectivity index (χ4v) is 1.35. The van der Waals surface area contributed by atoms with E-state index >= 15 is 0 Å². The molecule has 2 rings (SSSR count). The molecule has 11 heavy (non-hydrogen) atoms. The molecule has 3 atom stereocenters. The van der Waals surface area contributed by atoms with Gasteiger partial charge in [-0.2, -0.15) is 0 Å². The summed E-state index contributed by atoms with van der Waals surface area (Å²) < 4.78 is 10.4. The molecule has 1 saturated heterocycles. The Morgan fingerprint density at radius 1 is 1.55 bits per heavy atom. The lowest BCUT2D eigenvalue weighted by Gasteiger charge is -2.30. The van der Waals surface area contributed by atoms with Gasteiger partial charge in [-0.15, -0.1) is 0 Å². The third-order valence-electron chi connectivity index (χ3n) is 2.02. The van der Waals surface area contributed by atoms with Gasteiger partial charge in [0.05, 0.1) is 6.61 Å². The smallest absolute Gasteiger partial charge is 0.222 e. The van der Waals surface area contributed by atoms with Crippen molar-refractivity contribution in [1.29, 1.82) is 0 Å². The van der Waals surface area contributed by atoms with Crippen LogP contribution in [0.5, 0.6) is 0 Å². The zero-order valence-electron chi connectivity index (χ0n) is 5.93. The first-order valence-corrected chi connectivity index (χ1v) is 3.56. The van der Waals surface area contributed by atoms with E-state index in [0.29, 0.717) is 6.61 Å². The van der Waals surface area contributed by atoms with Crippen LogP contribution in [0.1, 0.15) is 0 Å². The van der Waals surface area contributed by atoms with Gasteiger partial charge < -0.3 is 19.7 Å². The minimum Gasteiger partial charge on any atom is -0.391 e. The van der Waals surface area contributed by atoms with Crippen LogP contribution in [0.2, 0.25) is 0 Å². The van der Waals surface area contributed by atoms with Crippen LogP contribution >= 0.6 is 0 Å². The lowest BCUT2D eigenvalue weighted by molar-refractivity contribution is -0.235. The summed E-state index contributed by atoms with van der Waals surface area (Å²) in [6, 6.07) is 0. The number of fused-ring (bicyclic) bond motifs is 2. The number of aliphatic hydroxyl groups is 2. The van der Waals surface area contributed by atoms with Gasteiger partial charge in [-0.25, -0.2) is 0 Å². The fraction of sp³-hybridized carbons (Fsp3) is 0.714. The molecule has 2 N–H and O–H groups in total. The second-order valence-corrected chi connectivity index (χ2v) is 2.77. The minimum absolute atomic E-state index is 0.106. The van der Waals surface area contributed by atoms with Crippen LogP contribution in [0.3, 0.4) is 0 Å². The summed E-state index contributed by atoms with van der Waals surface area (Å²) in [5.41, 5.74) is 0. The largest absolute Gasteiger partial charge is 0.391 e. The molecule has 0 spiro atoms. The predicted molar refractivity (Wildman–Crippen MR) is 35.8 cm³/mol. The molecule has 0 saturated carbocycles. The van der Waals surface area contributed by atoms with Crippen molar-refractivity contribution in [2.24, 2.45) is 0 Å². The van der Waals surface area contributed by atoms with Crippen LogP contribution in [0.15, 0.2) is 12.2 Å². The van der Waals surface area contributed by atoms with Crippen molar-refractivity contribution >= 4 is 0 Å². The third-order valence-corrected chi connectivity index (χ3v) is 2.02. The zero-order chi connectivity index (χ0) is 7.90. The summed E-state index contributed by atoms with van der Waals surface area (Å²) in [6.45, 7) is 0.100. The van der Waals surface area contributed by atoms with E-state index in [1.165, 1.54) is 0 Å². The summed E-state index contributed by atoms with van der Waals surface area (Å²) in [7, 11) is 0. The van der Waals surface area contributed by atoms with Crippen molar-refractivity contribution in [2.75, 3.05) is 13.2 Å². The summed E-state index contributed by atoms with van der Waals surface area (Å²) >= 11 is 0. The van der Waals surface area contributed by atoms with Crippen LogP contribution in [0, 0.1) is 0 Å². The summed E-state index contributed by atoms with van der Waals surface area (Å²) in [5, 5.41) is 18.2. The Kier molecular flexibility index (Phi) is 1.50. The van der Waals surface area contributed by atoms with Crippen LogP contribution in [0.25, 0.3) is 0 Å². The van der Waals surface area contributed by atoms with Gasteiger partial charge >= 0.3 is 0 Å². The highest BCUT2D eigenvalue weighted by Crippen LogP contribution is 2.31. The zero-order valence-corrected chi connectivity index (χ0v) is 5.93. The molecule has 0 amide bonds. The molecule has 0 radical (unpaired) electrons. The van der Waals surface area contributed by atoms with E-state index in [1.54, 1.807) is 12.2 Å². The summed E-state index contributed by atoms with van der Waals surface area (Å²) in [6.07, 6.45) is 2.37. The number of aliphatic hydroxyl groups excluding tert-OH is 2. The standard InChI is InChI=1S/C7H10O4/c8-4-7-6(9)2-1-5(11-7)3-10-7/h1-2,5-6,8-9H,3-4H2/t5-,6+,7+/m1/s1. The molecule has 62 valence electrons. The number of hydrogen-bond acceptors (Lipinski definition) is 4. The van der Waals surface area contributed by atoms with Crippen LogP contribution in [0.4, 0.5) is 0 Å². The second-order valence-electron chi connectivity index (χ2n) is 2.77. The van der Waals surface area contributed by atoms with E-state index in [0.717, 1.165) is 0 Å². The van der Waals surface area contributed by atoms with E-state index in [9.17, 15) is 5.11 Å². The van der Waals surface area contributed by atoms with E-state index in [4.69, 9.17) is 14.6 Å². The van der Waals surface area contributed by atoms with Gasteiger partial charge in [0.1, 0.15) is 18.8 Å². The highest BCUT2D eigenvalue weighted by molar-refractivity contribution is 5.09. The fourth-order valence-electron chi connectivity index (χ4n) is 1.35. The molecule has 2 aliphatic rings. The van der Waals surface area contributed by atoms with Crippen molar-refractivity contribution in [2.45, 2.75) is 18.0 Å². The van der Waals surface area contributed by atoms with Crippen molar-refractivity contribution in [3.05, 3.63) is 12.2 Å². The Bertz CT molecular complexity index is 191. The molecular weight excluding hydrogens is 148 g/mol. The minimum atomic E-state index is -1.18. The normalized spacial score (nSPS) is 48.2. The lowest BCUT2D eigenvalue weighted by atomic mass is 10.1. The average Bonchev–Trinajstić information content (AvgIpc) is 2.39. The molecule has 0 aliphatic carbocycles. The molecular formula is C7H10O4. The molecule has 2 heterocycles. The second kappa shape index (κ2) is 2.28. The van der Waals surface area contributed by atoms with Crippen molar-refractivity contribution in [3.8, 4) is 0 Å². The molecule has 0 aromatic carbocycles. The van der Waals surface area contributed by atoms with Gasteiger partial charge in [0, 0.05) is 0 Å². The van der Waals surface area contributed by atoms with Crippen LogP contribution < -0.4 is 0 Å². The molecule has 0 unspecified atom stereocenters. The molecule has 0 aromatic heterocycles. The summed E-state index contributed by atoms with van der Waals surface area (Å²) in [4.78, 5) is 0. The number of rotatable bonds is 1. The molecule has 2 bridgehead atoms. The van der Waals surface area contributed by atoms with Crippen molar-refractivity contribution < 1.29 is 19.7 Å². The Hall–Kier alpha value is -0.420. The Labute approximate surface area is 64.0 Å². The summed E-state index contributed by atoms with van der Waals surface area (Å²) in [5.74, 6) is -1.18. The van der Waals surface area contributed by atoms with Gasteiger partial charge in [-0.05, 0) is 0 Å². The Morgan fingerprint density at radius 3 is 3.00 bits per heavy atom. The molecule has 2 aliphatic heterocycles. The average molecular weight is 158 g/mol. The quantitative estimate of drug-likeness (QED) is 0.482. The molecule has 4 nitrogen and oxygen atoms in total. The van der Waals surface area contributed by atoms with E-state index in [2.05, 4.69) is 0 Å². The molecule has 0 aromatic rings. The lowest BCUT2D eigenvalue weighted by Crippen LogP contribution is -2.47. The van der Waals surface area contributed by atoms with Gasteiger partial charge in [-0.1, -0.05) is 12.2 Å². The molecule has 4 heteroatoms. The maximum absolute atomic E-state index is 9.35. The van der Waals surface area contributed by atoms with Gasteiger partial charge in [0.15, 0.2) is 0 Å². The van der Waals surface area contributed by atoms with Gasteiger partial charge in [-0.3, -0.25) is 0 Å². The Balaban J connectivity index is 2.27. The van der Waals surface area contributed by atoms with E-state index < -0.39 is 11.9 Å². The first-order chi connectivity index (χ1) is 5.27. The first kappa shape index (κ1) is 7.24. The first-order valence-electron chi connectivity index (χ1n) is 3.56. The van der Waals surface area contributed by atoms with Crippen molar-refractivity contribution in [1.82, 2.24) is 0 Å². The van der Waals surface area contributed by atoms with E-state index in [1.807, 2.05) is 0 Å². The third kappa shape index (κ3) is 0.911. The number of ether oxygens (including phenoxy) is 2. The highest BCUT2D eigenvalue weighted by Gasteiger charge is 2.48. The maximum atomic E-state index is 9.35. The van der Waals surface area contributed by atoms with Crippen LogP contribution in [-0.4, -0.2) is 41.4 Å². The van der Waals surface area contributed by atoms with Crippen molar-refractivity contribution in [3.63, 3.8) is 0 Å².